The van der Waals surface area contributed by atoms with E-state index in [4.69, 9.17) is 9.47 Å². The molecule has 1 aromatic carbocycles. The van der Waals surface area contributed by atoms with Crippen LogP contribution < -0.4 is 4.90 Å². The Hall–Kier alpha value is -1.54. The van der Waals surface area contributed by atoms with Crippen LogP contribution in [0.1, 0.15) is 20.8 Å². The van der Waals surface area contributed by atoms with Crippen LogP contribution >= 0.6 is 27.7 Å². The summed E-state index contributed by atoms with van der Waals surface area (Å²) < 4.78 is 24.0. The fraction of sp³-hybridized carbons (Fsp3) is 0.412. The van der Waals surface area contributed by atoms with Crippen molar-refractivity contribution >= 4 is 45.3 Å². The highest BCUT2D eigenvalue weighted by molar-refractivity contribution is 9.10. The monoisotopic (exact) mass is 431 g/mol. The van der Waals surface area contributed by atoms with Gasteiger partial charge in [0.25, 0.3) is 0 Å². The summed E-state index contributed by atoms with van der Waals surface area (Å²) in [5, 5.41) is 0.461. The number of carbonyl (C=O) groups excluding carboxylic acids is 2. The third-order valence-corrected chi connectivity index (χ3v) is 5.41. The van der Waals surface area contributed by atoms with E-state index in [0.29, 0.717) is 20.9 Å². The second kappa shape index (κ2) is 8.71. The smallest absolute Gasteiger partial charge is 0.348 e. The number of carbonyl (C=O) groups is 2. The molecule has 0 aromatic heterocycles. The van der Waals surface area contributed by atoms with E-state index in [1.807, 2.05) is 11.8 Å². The summed E-state index contributed by atoms with van der Waals surface area (Å²) in [6, 6.07) is 4.57. The molecule has 5 nitrogen and oxygen atoms in total. The van der Waals surface area contributed by atoms with E-state index in [1.165, 1.54) is 17.8 Å². The van der Waals surface area contributed by atoms with Crippen molar-refractivity contribution in [3.8, 4) is 0 Å². The average Bonchev–Trinajstić information content (AvgIpc) is 2.92. The molecule has 25 heavy (non-hydrogen) atoms. The van der Waals surface area contributed by atoms with Gasteiger partial charge in [0.05, 0.1) is 22.7 Å². The van der Waals surface area contributed by atoms with Crippen LogP contribution in [0.15, 0.2) is 33.3 Å². The van der Waals surface area contributed by atoms with Gasteiger partial charge < -0.3 is 14.4 Å². The Bertz CT molecular complexity index is 690. The van der Waals surface area contributed by atoms with Crippen molar-refractivity contribution in [2.45, 2.75) is 26.8 Å². The zero-order chi connectivity index (χ0) is 18.6. The van der Waals surface area contributed by atoms with Gasteiger partial charge in [-0.3, -0.25) is 0 Å². The van der Waals surface area contributed by atoms with Crippen molar-refractivity contribution in [3.05, 3.63) is 39.1 Å². The second-order valence-corrected chi connectivity index (χ2v) is 7.11. The van der Waals surface area contributed by atoms with Gasteiger partial charge in [-0.15, -0.1) is 11.8 Å². The molecule has 1 aromatic rings. The normalized spacial score (nSPS) is 16.8. The SMILES string of the molecule is CCOC(=O)C(C(=O)OCC)=C1SCC(C)N1c1ccc(F)c(Br)c1. The van der Waals surface area contributed by atoms with E-state index in [9.17, 15) is 14.0 Å². The Morgan fingerprint density at radius 3 is 2.40 bits per heavy atom. The second-order valence-electron chi connectivity index (χ2n) is 5.25. The summed E-state index contributed by atoms with van der Waals surface area (Å²) in [4.78, 5) is 26.6. The highest BCUT2D eigenvalue weighted by Crippen LogP contribution is 2.40. The first kappa shape index (κ1) is 19.8. The average molecular weight is 432 g/mol. The Balaban J connectivity index is 2.55. The summed E-state index contributed by atoms with van der Waals surface area (Å²) in [7, 11) is 0. The molecule has 1 unspecified atom stereocenters. The molecule has 1 saturated heterocycles. The number of nitrogens with zero attached hydrogens (tertiary/aromatic N) is 1. The van der Waals surface area contributed by atoms with Crippen LogP contribution in [0, 0.1) is 5.82 Å². The van der Waals surface area contributed by atoms with Crippen molar-refractivity contribution in [2.75, 3.05) is 23.9 Å². The lowest BCUT2D eigenvalue weighted by molar-refractivity contribution is -0.146. The number of rotatable bonds is 5. The van der Waals surface area contributed by atoms with Crippen molar-refractivity contribution < 1.29 is 23.5 Å². The van der Waals surface area contributed by atoms with Gasteiger partial charge in [0.15, 0.2) is 5.57 Å². The molecule has 1 aliphatic heterocycles. The zero-order valence-electron chi connectivity index (χ0n) is 14.2. The van der Waals surface area contributed by atoms with E-state index in [0.717, 1.165) is 0 Å². The van der Waals surface area contributed by atoms with Gasteiger partial charge in [-0.2, -0.15) is 0 Å². The first-order valence-corrected chi connectivity index (χ1v) is 9.64. The molecule has 1 atom stereocenters. The zero-order valence-corrected chi connectivity index (χ0v) is 16.6. The van der Waals surface area contributed by atoms with Crippen LogP contribution in [0.25, 0.3) is 0 Å². The van der Waals surface area contributed by atoms with E-state index < -0.39 is 11.9 Å². The number of anilines is 1. The van der Waals surface area contributed by atoms with Crippen LogP contribution in [-0.4, -0.2) is 36.9 Å². The van der Waals surface area contributed by atoms with E-state index in [-0.39, 0.29) is 30.6 Å². The number of halogens is 2. The van der Waals surface area contributed by atoms with Gasteiger partial charge in [-0.25, -0.2) is 14.0 Å². The van der Waals surface area contributed by atoms with Crippen molar-refractivity contribution in [3.63, 3.8) is 0 Å². The molecule has 136 valence electrons. The molecular formula is C17H19BrFNO4S. The fourth-order valence-corrected chi connectivity index (χ4v) is 4.06. The summed E-state index contributed by atoms with van der Waals surface area (Å²) >= 11 is 4.54. The number of esters is 2. The predicted octanol–water partition coefficient (Wildman–Crippen LogP) is 3.87. The quantitative estimate of drug-likeness (QED) is 0.305. The first-order chi connectivity index (χ1) is 11.9. The Kier molecular flexibility index (Phi) is 6.89. The minimum Gasteiger partial charge on any atom is -0.462 e. The maximum atomic E-state index is 13.6. The number of hydrogen-bond donors (Lipinski definition) is 0. The lowest BCUT2D eigenvalue weighted by Crippen LogP contribution is -2.30. The summed E-state index contributed by atoms with van der Waals surface area (Å²) in [5.74, 6) is -1.15. The third-order valence-electron chi connectivity index (χ3n) is 3.48. The molecule has 1 fully saturated rings. The molecule has 2 rings (SSSR count). The van der Waals surface area contributed by atoms with Crippen LogP contribution in [0.5, 0.6) is 0 Å². The van der Waals surface area contributed by atoms with Gasteiger partial charge in [-0.1, -0.05) is 0 Å². The molecule has 0 aliphatic carbocycles. The molecule has 8 heteroatoms. The molecule has 0 spiro atoms. The van der Waals surface area contributed by atoms with Crippen molar-refractivity contribution in [1.82, 2.24) is 0 Å². The summed E-state index contributed by atoms with van der Waals surface area (Å²) in [5.41, 5.74) is 0.547. The Morgan fingerprint density at radius 1 is 1.28 bits per heavy atom. The minimum absolute atomic E-state index is 0.0104. The molecule has 0 radical (unpaired) electrons. The highest BCUT2D eigenvalue weighted by atomic mass is 79.9. The van der Waals surface area contributed by atoms with Crippen LogP contribution in [0.4, 0.5) is 10.1 Å². The maximum absolute atomic E-state index is 13.6. The van der Waals surface area contributed by atoms with Crippen LogP contribution in [0.2, 0.25) is 0 Å². The van der Waals surface area contributed by atoms with E-state index in [1.54, 1.807) is 26.0 Å². The molecule has 0 amide bonds. The molecule has 1 aliphatic rings. The molecule has 1 heterocycles. The molecule has 0 N–H and O–H groups in total. The third kappa shape index (κ3) is 4.36. The number of hydrogen-bond acceptors (Lipinski definition) is 6. The van der Waals surface area contributed by atoms with Crippen molar-refractivity contribution in [2.24, 2.45) is 0 Å². The van der Waals surface area contributed by atoms with Gasteiger partial charge in [0.1, 0.15) is 5.82 Å². The lowest BCUT2D eigenvalue weighted by Gasteiger charge is -2.26. The van der Waals surface area contributed by atoms with E-state index in [2.05, 4.69) is 15.9 Å². The lowest BCUT2D eigenvalue weighted by atomic mass is 10.2. The first-order valence-electron chi connectivity index (χ1n) is 7.86. The number of ether oxygens (including phenoxy) is 2. The number of benzene rings is 1. The minimum atomic E-state index is -0.719. The summed E-state index contributed by atoms with van der Waals surface area (Å²) in [6.45, 7) is 5.61. The molecule has 0 bridgehead atoms. The van der Waals surface area contributed by atoms with Gasteiger partial charge >= 0.3 is 11.9 Å². The highest BCUT2D eigenvalue weighted by Gasteiger charge is 2.36. The van der Waals surface area contributed by atoms with Gasteiger partial charge in [0.2, 0.25) is 0 Å². The van der Waals surface area contributed by atoms with Crippen LogP contribution in [-0.2, 0) is 19.1 Å². The Morgan fingerprint density at radius 2 is 1.88 bits per heavy atom. The Labute approximate surface area is 158 Å². The van der Waals surface area contributed by atoms with E-state index >= 15 is 0 Å². The van der Waals surface area contributed by atoms with Gasteiger partial charge in [-0.05, 0) is 54.9 Å². The van der Waals surface area contributed by atoms with Gasteiger partial charge in [0, 0.05) is 17.5 Å². The summed E-state index contributed by atoms with van der Waals surface area (Å²) in [6.07, 6.45) is 0. The largest absolute Gasteiger partial charge is 0.462 e. The number of thioether (sulfide) groups is 1. The standard InChI is InChI=1S/C17H19BrFNO4S/c1-4-23-16(21)14(17(22)24-5-2)15-20(10(3)9-25-15)11-6-7-13(19)12(18)8-11/h6-8,10H,4-5,9H2,1-3H3. The topological polar surface area (TPSA) is 55.8 Å². The molecule has 0 saturated carbocycles. The molecular weight excluding hydrogens is 413 g/mol. The predicted molar refractivity (Wildman–Crippen MR) is 98.8 cm³/mol. The van der Waals surface area contributed by atoms with Crippen molar-refractivity contribution in [1.29, 1.82) is 0 Å². The fourth-order valence-electron chi connectivity index (χ4n) is 2.41. The van der Waals surface area contributed by atoms with Crippen LogP contribution in [0.3, 0.4) is 0 Å². The maximum Gasteiger partial charge on any atom is 0.348 e.